The summed E-state index contributed by atoms with van der Waals surface area (Å²) in [6.45, 7) is 2.01. The number of rotatable bonds is 4. The molecule has 2 aromatic carbocycles. The predicted octanol–water partition coefficient (Wildman–Crippen LogP) is 4.11. The van der Waals surface area contributed by atoms with Crippen molar-refractivity contribution in [3.05, 3.63) is 65.5 Å². The fourth-order valence-electron chi connectivity index (χ4n) is 1.55. The van der Waals surface area contributed by atoms with Crippen LogP contribution in [0.25, 0.3) is 0 Å². The first kappa shape index (κ1) is 12.8. The van der Waals surface area contributed by atoms with Crippen LogP contribution >= 0.6 is 11.8 Å². The molecule has 0 aliphatic heterocycles. The van der Waals surface area contributed by atoms with E-state index in [1.54, 1.807) is 12.1 Å². The van der Waals surface area contributed by atoms with Crippen LogP contribution in [-0.2, 0) is 0 Å². The summed E-state index contributed by atoms with van der Waals surface area (Å²) in [5.41, 5.74) is 1.34. The molecule has 0 amide bonds. The van der Waals surface area contributed by atoms with Crippen molar-refractivity contribution in [3.8, 4) is 0 Å². The van der Waals surface area contributed by atoms with Crippen molar-refractivity contribution in [1.82, 2.24) is 0 Å². The summed E-state index contributed by atoms with van der Waals surface area (Å²) in [5, 5.41) is 0. The molecular formula is C15H13FOS. The van der Waals surface area contributed by atoms with Gasteiger partial charge in [0.05, 0.1) is 11.3 Å². The zero-order valence-corrected chi connectivity index (χ0v) is 10.8. The zero-order valence-electron chi connectivity index (χ0n) is 10.0. The Balaban J connectivity index is 2.01. The van der Waals surface area contributed by atoms with E-state index in [-0.39, 0.29) is 17.1 Å². The third-order valence-electron chi connectivity index (χ3n) is 2.57. The molecule has 18 heavy (non-hydrogen) atoms. The molecule has 1 nitrogen and oxygen atoms in total. The topological polar surface area (TPSA) is 17.1 Å². The van der Waals surface area contributed by atoms with Gasteiger partial charge in [-0.25, -0.2) is 4.39 Å². The number of carbonyl (C=O) groups is 1. The van der Waals surface area contributed by atoms with E-state index in [9.17, 15) is 9.18 Å². The molecule has 0 aliphatic carbocycles. The zero-order chi connectivity index (χ0) is 13.0. The summed E-state index contributed by atoms with van der Waals surface area (Å²) in [5.74, 6) is -0.380. The average molecular weight is 260 g/mol. The van der Waals surface area contributed by atoms with Crippen LogP contribution in [0.4, 0.5) is 4.39 Å². The lowest BCUT2D eigenvalue weighted by molar-refractivity contribution is 0.101. The van der Waals surface area contributed by atoms with E-state index >= 15 is 0 Å². The first-order valence-corrected chi connectivity index (χ1v) is 6.62. The maximum Gasteiger partial charge on any atom is 0.176 e. The van der Waals surface area contributed by atoms with Gasteiger partial charge in [-0.1, -0.05) is 29.8 Å². The van der Waals surface area contributed by atoms with Crippen LogP contribution in [0.3, 0.4) is 0 Å². The molecule has 0 aliphatic rings. The number of hydrogen-bond acceptors (Lipinski definition) is 2. The van der Waals surface area contributed by atoms with Gasteiger partial charge in [-0.05, 0) is 31.2 Å². The number of ketones is 1. The van der Waals surface area contributed by atoms with Crippen molar-refractivity contribution in [1.29, 1.82) is 0 Å². The van der Waals surface area contributed by atoms with Crippen LogP contribution in [0.2, 0.25) is 0 Å². The van der Waals surface area contributed by atoms with E-state index in [0.717, 1.165) is 4.90 Å². The van der Waals surface area contributed by atoms with Crippen LogP contribution < -0.4 is 0 Å². The molecule has 0 saturated carbocycles. The molecule has 0 radical (unpaired) electrons. The molecule has 0 unspecified atom stereocenters. The highest BCUT2D eigenvalue weighted by molar-refractivity contribution is 8.00. The summed E-state index contributed by atoms with van der Waals surface area (Å²) in [6.07, 6.45) is 0. The molecule has 0 N–H and O–H groups in total. The summed E-state index contributed by atoms with van der Waals surface area (Å²) < 4.78 is 13.4. The first-order valence-electron chi connectivity index (χ1n) is 5.64. The number of Topliss-reactive ketones (excluding diaryl/α,β-unsaturated/α-hetero) is 1. The molecule has 0 atom stereocenters. The fraction of sp³-hybridized carbons (Fsp3) is 0.133. The SMILES string of the molecule is Cc1ccc(SCC(=O)c2ccccc2F)cc1. The Morgan fingerprint density at radius 2 is 1.78 bits per heavy atom. The number of benzene rings is 2. The minimum atomic E-state index is -0.452. The number of aryl methyl sites for hydroxylation is 1. The molecule has 92 valence electrons. The van der Waals surface area contributed by atoms with Gasteiger partial charge in [0, 0.05) is 4.90 Å². The van der Waals surface area contributed by atoms with Gasteiger partial charge in [0.15, 0.2) is 5.78 Å². The molecule has 3 heteroatoms. The largest absolute Gasteiger partial charge is 0.293 e. The minimum Gasteiger partial charge on any atom is -0.293 e. The van der Waals surface area contributed by atoms with Crippen molar-refractivity contribution in [2.24, 2.45) is 0 Å². The van der Waals surface area contributed by atoms with E-state index in [4.69, 9.17) is 0 Å². The third-order valence-corrected chi connectivity index (χ3v) is 3.58. The Labute approximate surface area is 110 Å². The van der Waals surface area contributed by atoms with Gasteiger partial charge in [0.1, 0.15) is 5.82 Å². The number of halogens is 1. The highest BCUT2D eigenvalue weighted by Crippen LogP contribution is 2.20. The second-order valence-electron chi connectivity index (χ2n) is 4.00. The highest BCUT2D eigenvalue weighted by atomic mass is 32.2. The van der Waals surface area contributed by atoms with E-state index in [2.05, 4.69) is 0 Å². The Hall–Kier alpha value is -1.61. The monoisotopic (exact) mass is 260 g/mol. The van der Waals surface area contributed by atoms with Gasteiger partial charge in [0.25, 0.3) is 0 Å². The standard InChI is InChI=1S/C15H13FOS/c1-11-6-8-12(9-7-11)18-10-15(17)13-4-2-3-5-14(13)16/h2-9H,10H2,1H3. The molecule has 2 rings (SSSR count). The van der Waals surface area contributed by atoms with E-state index in [1.807, 2.05) is 31.2 Å². The Bertz CT molecular complexity index is 549. The van der Waals surface area contributed by atoms with Crippen molar-refractivity contribution in [3.63, 3.8) is 0 Å². The van der Waals surface area contributed by atoms with Crippen molar-refractivity contribution >= 4 is 17.5 Å². The lowest BCUT2D eigenvalue weighted by atomic mass is 10.1. The first-order chi connectivity index (χ1) is 8.66. The lowest BCUT2D eigenvalue weighted by Crippen LogP contribution is -2.04. The summed E-state index contributed by atoms with van der Waals surface area (Å²) in [7, 11) is 0. The lowest BCUT2D eigenvalue weighted by Gasteiger charge is -2.03. The Kier molecular flexibility index (Phi) is 4.15. The van der Waals surface area contributed by atoms with Crippen LogP contribution in [-0.4, -0.2) is 11.5 Å². The number of thioether (sulfide) groups is 1. The van der Waals surface area contributed by atoms with Gasteiger partial charge in [-0.2, -0.15) is 0 Å². The van der Waals surface area contributed by atoms with Crippen LogP contribution in [0.5, 0.6) is 0 Å². The average Bonchev–Trinajstić information content (AvgIpc) is 2.38. The number of hydrogen-bond donors (Lipinski definition) is 0. The van der Waals surface area contributed by atoms with E-state index < -0.39 is 5.82 Å². The van der Waals surface area contributed by atoms with Crippen molar-refractivity contribution in [2.75, 3.05) is 5.75 Å². The maximum atomic E-state index is 13.4. The van der Waals surface area contributed by atoms with Gasteiger partial charge >= 0.3 is 0 Å². The third kappa shape index (κ3) is 3.20. The van der Waals surface area contributed by atoms with Gasteiger partial charge in [-0.3, -0.25) is 4.79 Å². The summed E-state index contributed by atoms with van der Waals surface area (Å²) in [4.78, 5) is 12.9. The molecule has 0 bridgehead atoms. The Morgan fingerprint density at radius 3 is 2.44 bits per heavy atom. The fourth-order valence-corrected chi connectivity index (χ4v) is 2.33. The van der Waals surface area contributed by atoms with Crippen LogP contribution in [0, 0.1) is 12.7 Å². The van der Waals surface area contributed by atoms with Gasteiger partial charge in [0.2, 0.25) is 0 Å². The van der Waals surface area contributed by atoms with Gasteiger partial charge in [-0.15, -0.1) is 11.8 Å². The molecular weight excluding hydrogens is 247 g/mol. The minimum absolute atomic E-state index is 0.164. The second-order valence-corrected chi connectivity index (χ2v) is 5.05. The van der Waals surface area contributed by atoms with Crippen molar-refractivity contribution < 1.29 is 9.18 Å². The smallest absolute Gasteiger partial charge is 0.176 e. The quantitative estimate of drug-likeness (QED) is 0.608. The molecule has 0 heterocycles. The summed E-state index contributed by atoms with van der Waals surface area (Å²) in [6, 6.07) is 14.0. The van der Waals surface area contributed by atoms with Crippen molar-refractivity contribution in [2.45, 2.75) is 11.8 Å². The second kappa shape index (κ2) is 5.83. The maximum absolute atomic E-state index is 13.4. The number of carbonyl (C=O) groups excluding carboxylic acids is 1. The molecule has 0 spiro atoms. The van der Waals surface area contributed by atoms with E-state index in [1.165, 1.54) is 29.5 Å². The van der Waals surface area contributed by atoms with Gasteiger partial charge < -0.3 is 0 Å². The molecule has 0 saturated heterocycles. The highest BCUT2D eigenvalue weighted by Gasteiger charge is 2.10. The molecule has 0 fully saturated rings. The molecule has 2 aromatic rings. The van der Waals surface area contributed by atoms with E-state index in [0.29, 0.717) is 0 Å². The Morgan fingerprint density at radius 1 is 1.11 bits per heavy atom. The summed E-state index contributed by atoms with van der Waals surface area (Å²) >= 11 is 1.42. The van der Waals surface area contributed by atoms with Crippen LogP contribution in [0.15, 0.2) is 53.4 Å². The molecule has 0 aromatic heterocycles. The normalized spacial score (nSPS) is 10.3. The van der Waals surface area contributed by atoms with Crippen LogP contribution in [0.1, 0.15) is 15.9 Å². The predicted molar refractivity (Wildman–Crippen MR) is 72.6 cm³/mol.